The van der Waals surface area contributed by atoms with E-state index in [0.717, 1.165) is 21.3 Å². The zero-order valence-electron chi connectivity index (χ0n) is 11.5. The van der Waals surface area contributed by atoms with Crippen LogP contribution in [0.15, 0.2) is 53.6 Å². The Balaban J connectivity index is 1.62. The number of fused-ring (bicyclic) bond motifs is 1. The maximum Gasteiger partial charge on any atom is 0.246 e. The first-order chi connectivity index (χ1) is 10.7. The number of nitrogens with zero attached hydrogens (tertiary/aromatic N) is 2. The van der Waals surface area contributed by atoms with Gasteiger partial charge in [0.25, 0.3) is 0 Å². The Morgan fingerprint density at radius 3 is 2.82 bits per heavy atom. The highest BCUT2D eigenvalue weighted by atomic mass is 35.5. The Labute approximate surface area is 136 Å². The molecule has 6 heteroatoms. The van der Waals surface area contributed by atoms with Crippen molar-refractivity contribution in [3.8, 4) is 0 Å². The van der Waals surface area contributed by atoms with Crippen LogP contribution in [0.25, 0.3) is 10.1 Å². The van der Waals surface area contributed by atoms with Gasteiger partial charge < -0.3 is 0 Å². The van der Waals surface area contributed by atoms with Crippen LogP contribution in [-0.4, -0.2) is 16.5 Å². The van der Waals surface area contributed by atoms with Gasteiger partial charge in [-0.2, -0.15) is 9.47 Å². The molecule has 0 atom stereocenters. The maximum absolute atomic E-state index is 11.9. The van der Waals surface area contributed by atoms with Gasteiger partial charge in [0.05, 0.1) is 23.0 Å². The van der Waals surface area contributed by atoms with Crippen molar-refractivity contribution >= 4 is 45.3 Å². The number of rotatable bonds is 4. The molecule has 0 aliphatic carbocycles. The van der Waals surface area contributed by atoms with Crippen LogP contribution in [0.1, 0.15) is 11.3 Å². The van der Waals surface area contributed by atoms with E-state index in [2.05, 4.69) is 14.9 Å². The van der Waals surface area contributed by atoms with Crippen molar-refractivity contribution in [1.29, 1.82) is 0 Å². The average Bonchev–Trinajstić information content (AvgIpc) is 2.93. The van der Waals surface area contributed by atoms with Crippen molar-refractivity contribution in [2.24, 2.45) is 5.10 Å². The van der Waals surface area contributed by atoms with E-state index in [1.54, 1.807) is 18.3 Å². The van der Waals surface area contributed by atoms with Gasteiger partial charge in [0.1, 0.15) is 0 Å². The summed E-state index contributed by atoms with van der Waals surface area (Å²) in [4.78, 5) is 11.9. The minimum atomic E-state index is -0.193. The molecule has 0 radical (unpaired) electrons. The van der Waals surface area contributed by atoms with Crippen LogP contribution in [0.4, 0.5) is 0 Å². The molecule has 0 spiro atoms. The molecule has 0 saturated carbocycles. The van der Waals surface area contributed by atoms with Crippen molar-refractivity contribution in [3.05, 3.63) is 64.8 Å². The van der Waals surface area contributed by atoms with Crippen molar-refractivity contribution in [3.63, 3.8) is 0 Å². The summed E-state index contributed by atoms with van der Waals surface area (Å²) in [5, 5.41) is 5.62. The highest BCUT2D eigenvalue weighted by molar-refractivity contribution is 7.13. The smallest absolute Gasteiger partial charge is 0.246 e. The fourth-order valence-electron chi connectivity index (χ4n) is 1.98. The van der Waals surface area contributed by atoms with Gasteiger partial charge in [-0.1, -0.05) is 41.9 Å². The van der Waals surface area contributed by atoms with E-state index in [1.165, 1.54) is 11.5 Å². The summed E-state index contributed by atoms with van der Waals surface area (Å²) in [5.74, 6) is -0.193. The van der Waals surface area contributed by atoms with E-state index in [9.17, 15) is 4.79 Å². The number of amides is 1. The highest BCUT2D eigenvalue weighted by Crippen LogP contribution is 2.22. The van der Waals surface area contributed by atoms with Crippen molar-refractivity contribution < 1.29 is 4.79 Å². The number of halogens is 1. The minimum Gasteiger partial charge on any atom is -0.273 e. The standard InChI is InChI=1S/C16H12ClN3OS/c17-12-7-5-11(6-8-12)10-18-19-16(21)9-14-13-3-1-2-4-15(13)22-20-14/h1-8,10H,9H2,(H,19,21)/b18-10+. The predicted molar refractivity (Wildman–Crippen MR) is 90.5 cm³/mol. The largest absolute Gasteiger partial charge is 0.273 e. The fraction of sp³-hybridized carbons (Fsp3) is 0.0625. The molecule has 4 nitrogen and oxygen atoms in total. The number of hydrogen-bond acceptors (Lipinski definition) is 4. The second-order valence-electron chi connectivity index (χ2n) is 4.65. The number of carbonyl (C=O) groups excluding carboxylic acids is 1. The number of aromatic nitrogens is 1. The van der Waals surface area contributed by atoms with Crippen LogP contribution in [0.3, 0.4) is 0 Å². The van der Waals surface area contributed by atoms with Crippen molar-refractivity contribution in [2.75, 3.05) is 0 Å². The van der Waals surface area contributed by atoms with E-state index in [0.29, 0.717) is 5.02 Å². The zero-order chi connectivity index (χ0) is 15.4. The van der Waals surface area contributed by atoms with Crippen molar-refractivity contribution in [1.82, 2.24) is 9.80 Å². The molecule has 2 aromatic carbocycles. The molecule has 0 fully saturated rings. The molecule has 0 aliphatic heterocycles. The molecule has 3 aromatic rings. The molecule has 0 aliphatic rings. The monoisotopic (exact) mass is 329 g/mol. The summed E-state index contributed by atoms with van der Waals surface area (Å²) in [6, 6.07) is 15.1. The second-order valence-corrected chi connectivity index (χ2v) is 5.89. The molecule has 3 rings (SSSR count). The lowest BCUT2D eigenvalue weighted by Gasteiger charge is -1.98. The van der Waals surface area contributed by atoms with Crippen LogP contribution in [0.5, 0.6) is 0 Å². The Kier molecular flexibility index (Phi) is 4.46. The Hall–Kier alpha value is -2.24. The maximum atomic E-state index is 11.9. The molecule has 0 unspecified atom stereocenters. The molecular weight excluding hydrogens is 318 g/mol. The topological polar surface area (TPSA) is 54.4 Å². The quantitative estimate of drug-likeness (QED) is 0.587. The summed E-state index contributed by atoms with van der Waals surface area (Å²) in [7, 11) is 0. The zero-order valence-corrected chi connectivity index (χ0v) is 13.1. The first kappa shape index (κ1) is 14.7. The Morgan fingerprint density at radius 1 is 1.23 bits per heavy atom. The van der Waals surface area contributed by atoms with E-state index >= 15 is 0 Å². The summed E-state index contributed by atoms with van der Waals surface area (Å²) in [5.41, 5.74) is 4.15. The Bertz CT molecular complexity index is 827. The molecule has 22 heavy (non-hydrogen) atoms. The SMILES string of the molecule is O=C(Cc1nsc2ccccc12)N/N=C/c1ccc(Cl)cc1. The first-order valence-electron chi connectivity index (χ1n) is 6.63. The minimum absolute atomic E-state index is 0.193. The van der Waals surface area contributed by atoms with Gasteiger partial charge in [0.2, 0.25) is 5.91 Å². The number of nitrogens with one attached hydrogen (secondary N) is 1. The molecule has 1 amide bonds. The molecule has 110 valence electrons. The van der Waals surface area contributed by atoms with Gasteiger partial charge in [0, 0.05) is 10.4 Å². The van der Waals surface area contributed by atoms with Gasteiger partial charge >= 0.3 is 0 Å². The lowest BCUT2D eigenvalue weighted by atomic mass is 10.2. The van der Waals surface area contributed by atoms with E-state index < -0.39 is 0 Å². The number of hydrogen-bond donors (Lipinski definition) is 1. The van der Waals surface area contributed by atoms with Crippen LogP contribution >= 0.6 is 23.1 Å². The molecular formula is C16H12ClN3OS. The highest BCUT2D eigenvalue weighted by Gasteiger charge is 2.09. The third-order valence-electron chi connectivity index (χ3n) is 3.05. The number of carbonyl (C=O) groups is 1. The lowest BCUT2D eigenvalue weighted by Crippen LogP contribution is -2.20. The summed E-state index contributed by atoms with van der Waals surface area (Å²) in [6.07, 6.45) is 1.79. The van der Waals surface area contributed by atoms with Gasteiger partial charge in [-0.3, -0.25) is 4.79 Å². The number of hydrazone groups is 1. The molecule has 0 bridgehead atoms. The lowest BCUT2D eigenvalue weighted by molar-refractivity contribution is -0.120. The van der Waals surface area contributed by atoms with E-state index in [-0.39, 0.29) is 12.3 Å². The van der Waals surface area contributed by atoms with E-state index in [1.807, 2.05) is 36.4 Å². The summed E-state index contributed by atoms with van der Waals surface area (Å²) < 4.78 is 5.40. The van der Waals surface area contributed by atoms with Crippen LogP contribution in [0, 0.1) is 0 Å². The van der Waals surface area contributed by atoms with Gasteiger partial charge in [-0.25, -0.2) is 5.43 Å². The van der Waals surface area contributed by atoms with Crippen LogP contribution in [0.2, 0.25) is 5.02 Å². The fourth-order valence-corrected chi connectivity index (χ4v) is 2.91. The summed E-state index contributed by atoms with van der Waals surface area (Å²) >= 11 is 7.20. The summed E-state index contributed by atoms with van der Waals surface area (Å²) in [6.45, 7) is 0. The van der Waals surface area contributed by atoms with Gasteiger partial charge in [0.15, 0.2) is 0 Å². The third kappa shape index (κ3) is 3.50. The molecule has 0 saturated heterocycles. The molecule has 1 N–H and O–H groups in total. The molecule has 1 aromatic heterocycles. The number of benzene rings is 2. The normalized spacial score (nSPS) is 11.1. The second kappa shape index (κ2) is 6.68. The van der Waals surface area contributed by atoms with Crippen LogP contribution < -0.4 is 5.43 Å². The van der Waals surface area contributed by atoms with Crippen LogP contribution in [-0.2, 0) is 11.2 Å². The predicted octanol–water partition coefficient (Wildman–Crippen LogP) is 3.64. The first-order valence-corrected chi connectivity index (χ1v) is 7.78. The van der Waals surface area contributed by atoms with Crippen molar-refractivity contribution in [2.45, 2.75) is 6.42 Å². The van der Waals surface area contributed by atoms with E-state index in [4.69, 9.17) is 11.6 Å². The van der Waals surface area contributed by atoms with Gasteiger partial charge in [-0.05, 0) is 35.3 Å². The molecule has 1 heterocycles. The Morgan fingerprint density at radius 2 is 2.00 bits per heavy atom. The third-order valence-corrected chi connectivity index (χ3v) is 4.17. The average molecular weight is 330 g/mol. The van der Waals surface area contributed by atoms with Gasteiger partial charge in [-0.15, -0.1) is 0 Å².